The zero-order chi connectivity index (χ0) is 17.6. The predicted octanol–water partition coefficient (Wildman–Crippen LogP) is 3.23. The topological polar surface area (TPSA) is 62.7 Å². The molecule has 4 rings (SSSR count). The van der Waals surface area contributed by atoms with Gasteiger partial charge < -0.3 is 10.6 Å². The van der Waals surface area contributed by atoms with Gasteiger partial charge in [-0.2, -0.15) is 0 Å². The molecule has 2 aromatic heterocycles. The van der Waals surface area contributed by atoms with Gasteiger partial charge in [0.15, 0.2) is 5.82 Å². The fourth-order valence-electron chi connectivity index (χ4n) is 3.28. The van der Waals surface area contributed by atoms with Crippen LogP contribution in [0.15, 0.2) is 54.9 Å². The molecule has 0 amide bonds. The van der Waals surface area contributed by atoms with E-state index in [0.29, 0.717) is 0 Å². The SMILES string of the molecule is c1ccc(CCCNc2nc(-c3ccncc3)nc3c2CCNC3)cc1. The summed E-state index contributed by atoms with van der Waals surface area (Å²) in [7, 11) is 0. The fourth-order valence-corrected chi connectivity index (χ4v) is 3.28. The number of aromatic nitrogens is 3. The molecule has 0 spiro atoms. The highest BCUT2D eigenvalue weighted by Crippen LogP contribution is 2.24. The van der Waals surface area contributed by atoms with Crippen LogP contribution in [0.4, 0.5) is 5.82 Å². The van der Waals surface area contributed by atoms with Gasteiger partial charge in [0.05, 0.1) is 5.69 Å². The molecule has 0 unspecified atom stereocenters. The standard InChI is InChI=1S/C21H23N5/c1-2-5-16(6-3-1)7-4-11-24-21-18-10-14-23-15-19(18)25-20(26-21)17-8-12-22-13-9-17/h1-3,5-6,8-9,12-13,23H,4,7,10-11,14-15H2,(H,24,25,26). The largest absolute Gasteiger partial charge is 0.370 e. The summed E-state index contributed by atoms with van der Waals surface area (Å²) in [6, 6.07) is 14.5. The molecular formula is C21H23N5. The number of benzene rings is 1. The molecule has 0 bridgehead atoms. The molecule has 5 heteroatoms. The maximum absolute atomic E-state index is 4.82. The molecule has 3 heterocycles. The van der Waals surface area contributed by atoms with Crippen molar-refractivity contribution in [3.8, 4) is 11.4 Å². The summed E-state index contributed by atoms with van der Waals surface area (Å²) in [4.78, 5) is 13.7. The number of rotatable bonds is 6. The average Bonchev–Trinajstić information content (AvgIpc) is 2.72. The Bertz CT molecular complexity index is 849. The highest BCUT2D eigenvalue weighted by atomic mass is 15.1. The van der Waals surface area contributed by atoms with Gasteiger partial charge in [-0.1, -0.05) is 30.3 Å². The minimum atomic E-state index is 0.764. The van der Waals surface area contributed by atoms with Crippen LogP contribution < -0.4 is 10.6 Å². The third-order valence-electron chi connectivity index (χ3n) is 4.65. The van der Waals surface area contributed by atoms with Crippen LogP contribution >= 0.6 is 0 Å². The van der Waals surface area contributed by atoms with Gasteiger partial charge in [-0.3, -0.25) is 4.98 Å². The van der Waals surface area contributed by atoms with Crippen LogP contribution in [-0.4, -0.2) is 28.0 Å². The van der Waals surface area contributed by atoms with Crippen LogP contribution in [0.2, 0.25) is 0 Å². The number of hydrogen-bond acceptors (Lipinski definition) is 5. The molecule has 1 aromatic carbocycles. The summed E-state index contributed by atoms with van der Waals surface area (Å²) >= 11 is 0. The van der Waals surface area contributed by atoms with Crippen molar-refractivity contribution in [1.29, 1.82) is 0 Å². The van der Waals surface area contributed by atoms with Crippen LogP contribution in [-0.2, 0) is 19.4 Å². The van der Waals surface area contributed by atoms with Gasteiger partial charge in [-0.15, -0.1) is 0 Å². The Morgan fingerprint density at radius 3 is 2.69 bits per heavy atom. The summed E-state index contributed by atoms with van der Waals surface area (Å²) in [6.07, 6.45) is 6.67. The third kappa shape index (κ3) is 3.89. The molecule has 26 heavy (non-hydrogen) atoms. The maximum atomic E-state index is 4.82. The Labute approximate surface area is 153 Å². The lowest BCUT2D eigenvalue weighted by Crippen LogP contribution is -2.26. The van der Waals surface area contributed by atoms with E-state index in [4.69, 9.17) is 9.97 Å². The lowest BCUT2D eigenvalue weighted by molar-refractivity contribution is 0.625. The number of nitrogens with one attached hydrogen (secondary N) is 2. The second-order valence-electron chi connectivity index (χ2n) is 6.50. The van der Waals surface area contributed by atoms with Crippen molar-refractivity contribution in [1.82, 2.24) is 20.3 Å². The lowest BCUT2D eigenvalue weighted by Gasteiger charge is -2.20. The Morgan fingerprint density at radius 2 is 1.85 bits per heavy atom. The maximum Gasteiger partial charge on any atom is 0.161 e. The number of nitrogens with zero attached hydrogens (tertiary/aromatic N) is 3. The van der Waals surface area contributed by atoms with E-state index in [2.05, 4.69) is 45.9 Å². The Balaban J connectivity index is 1.50. The third-order valence-corrected chi connectivity index (χ3v) is 4.65. The zero-order valence-corrected chi connectivity index (χ0v) is 14.8. The molecular weight excluding hydrogens is 322 g/mol. The Morgan fingerprint density at radius 1 is 1.00 bits per heavy atom. The first-order valence-electron chi connectivity index (χ1n) is 9.19. The summed E-state index contributed by atoms with van der Waals surface area (Å²) in [5, 5.41) is 6.96. The first-order valence-corrected chi connectivity index (χ1v) is 9.19. The average molecular weight is 345 g/mol. The van der Waals surface area contributed by atoms with E-state index in [1.165, 1.54) is 11.1 Å². The van der Waals surface area contributed by atoms with E-state index in [0.717, 1.165) is 61.8 Å². The van der Waals surface area contributed by atoms with E-state index in [-0.39, 0.29) is 0 Å². The summed E-state index contributed by atoms with van der Waals surface area (Å²) in [5.41, 5.74) is 4.73. The second-order valence-corrected chi connectivity index (χ2v) is 6.50. The van der Waals surface area contributed by atoms with Crippen LogP contribution in [0, 0.1) is 0 Å². The molecule has 132 valence electrons. The number of hydrogen-bond donors (Lipinski definition) is 2. The van der Waals surface area contributed by atoms with Crippen molar-refractivity contribution in [2.24, 2.45) is 0 Å². The molecule has 5 nitrogen and oxygen atoms in total. The number of fused-ring (bicyclic) bond motifs is 1. The number of pyridine rings is 1. The molecule has 3 aromatic rings. The van der Waals surface area contributed by atoms with Crippen LogP contribution in [0.25, 0.3) is 11.4 Å². The molecule has 0 fully saturated rings. The first-order chi connectivity index (χ1) is 12.9. The van der Waals surface area contributed by atoms with E-state index >= 15 is 0 Å². The van der Waals surface area contributed by atoms with Crippen LogP contribution in [0.5, 0.6) is 0 Å². The summed E-state index contributed by atoms with van der Waals surface area (Å²) < 4.78 is 0. The number of anilines is 1. The molecule has 0 saturated carbocycles. The molecule has 0 saturated heterocycles. The smallest absolute Gasteiger partial charge is 0.161 e. The monoisotopic (exact) mass is 345 g/mol. The first kappa shape index (κ1) is 16.7. The summed E-state index contributed by atoms with van der Waals surface area (Å²) in [6.45, 7) is 2.68. The van der Waals surface area contributed by atoms with Gasteiger partial charge in [0.1, 0.15) is 5.82 Å². The molecule has 0 atom stereocenters. The Kier molecular flexibility index (Phi) is 5.17. The highest BCUT2D eigenvalue weighted by Gasteiger charge is 2.18. The lowest BCUT2D eigenvalue weighted by atomic mass is 10.1. The minimum Gasteiger partial charge on any atom is -0.370 e. The van der Waals surface area contributed by atoms with Crippen LogP contribution in [0.1, 0.15) is 23.2 Å². The Hall–Kier alpha value is -2.79. The molecule has 0 radical (unpaired) electrons. The van der Waals surface area contributed by atoms with Gasteiger partial charge in [0, 0.05) is 36.6 Å². The minimum absolute atomic E-state index is 0.764. The van der Waals surface area contributed by atoms with Crippen molar-refractivity contribution < 1.29 is 0 Å². The van der Waals surface area contributed by atoms with E-state index in [1.54, 1.807) is 12.4 Å². The van der Waals surface area contributed by atoms with Gasteiger partial charge in [-0.05, 0) is 43.5 Å². The molecule has 0 aliphatic carbocycles. The van der Waals surface area contributed by atoms with Gasteiger partial charge in [0.25, 0.3) is 0 Å². The van der Waals surface area contributed by atoms with E-state index in [9.17, 15) is 0 Å². The zero-order valence-electron chi connectivity index (χ0n) is 14.8. The van der Waals surface area contributed by atoms with Crippen molar-refractivity contribution >= 4 is 5.82 Å². The number of aryl methyl sites for hydroxylation is 1. The quantitative estimate of drug-likeness (QED) is 0.672. The van der Waals surface area contributed by atoms with Gasteiger partial charge >= 0.3 is 0 Å². The van der Waals surface area contributed by atoms with Crippen molar-refractivity contribution in [3.63, 3.8) is 0 Å². The van der Waals surface area contributed by atoms with E-state index in [1.807, 2.05) is 12.1 Å². The predicted molar refractivity (Wildman–Crippen MR) is 104 cm³/mol. The van der Waals surface area contributed by atoms with Gasteiger partial charge in [0.2, 0.25) is 0 Å². The molecule has 2 N–H and O–H groups in total. The molecule has 1 aliphatic rings. The van der Waals surface area contributed by atoms with Crippen molar-refractivity contribution in [2.45, 2.75) is 25.8 Å². The van der Waals surface area contributed by atoms with Gasteiger partial charge in [-0.25, -0.2) is 9.97 Å². The van der Waals surface area contributed by atoms with Crippen molar-refractivity contribution in [2.75, 3.05) is 18.4 Å². The molecule has 1 aliphatic heterocycles. The second kappa shape index (κ2) is 8.06. The van der Waals surface area contributed by atoms with Crippen LogP contribution in [0.3, 0.4) is 0 Å². The highest BCUT2D eigenvalue weighted by molar-refractivity contribution is 5.59. The normalized spacial score (nSPS) is 13.2. The van der Waals surface area contributed by atoms with E-state index < -0.39 is 0 Å². The van der Waals surface area contributed by atoms with Crippen molar-refractivity contribution in [3.05, 3.63) is 71.7 Å². The fraction of sp³-hybridized carbons (Fsp3) is 0.286. The summed E-state index contributed by atoms with van der Waals surface area (Å²) in [5.74, 6) is 1.75.